The van der Waals surface area contributed by atoms with Crippen LogP contribution in [0, 0.1) is 5.92 Å². The average molecular weight is 605 g/mol. The number of aliphatic hydroxyl groups is 1. The Kier molecular flexibility index (Phi) is 10.2. The number of carboxylic acids is 1. The van der Waals surface area contributed by atoms with Gasteiger partial charge in [0.05, 0.1) is 39.5 Å². The molecule has 234 valence electrons. The first kappa shape index (κ1) is 31.5. The monoisotopic (exact) mass is 604 g/mol. The number of aliphatic hydroxyl groups excluding tert-OH is 1. The van der Waals surface area contributed by atoms with Crippen molar-refractivity contribution in [1.82, 2.24) is 4.90 Å². The van der Waals surface area contributed by atoms with Gasteiger partial charge in [-0.3, -0.25) is 14.5 Å². The first-order chi connectivity index (χ1) is 21.3. The third-order valence-electron chi connectivity index (χ3n) is 8.37. The predicted octanol–water partition coefficient (Wildman–Crippen LogP) is 4.85. The van der Waals surface area contributed by atoms with Crippen molar-refractivity contribution < 1.29 is 38.7 Å². The molecule has 0 spiro atoms. The molecule has 0 aliphatic carbocycles. The quantitative estimate of drug-likeness (QED) is 0.282. The topological polar surface area (TPSA) is 127 Å². The lowest BCUT2D eigenvalue weighted by Gasteiger charge is -2.43. The van der Waals surface area contributed by atoms with Crippen LogP contribution in [0.5, 0.6) is 11.5 Å². The Labute approximate surface area is 257 Å². The first-order valence-electron chi connectivity index (χ1n) is 14.9. The van der Waals surface area contributed by atoms with Crippen LogP contribution in [-0.2, 0) is 38.6 Å². The molecule has 1 fully saturated rings. The molecule has 10 nitrogen and oxygen atoms in total. The van der Waals surface area contributed by atoms with E-state index < -0.39 is 12.3 Å². The van der Waals surface area contributed by atoms with Crippen LogP contribution in [0.1, 0.15) is 60.0 Å². The maximum atomic E-state index is 12.3. The molecule has 5 rings (SSSR count). The number of anilines is 1. The Hall–Kier alpha value is -3.96. The highest BCUT2D eigenvalue weighted by atomic mass is 16.7. The van der Waals surface area contributed by atoms with Crippen molar-refractivity contribution in [3.8, 4) is 11.5 Å². The number of methoxy groups -OCH3 is 2. The van der Waals surface area contributed by atoms with Crippen molar-refractivity contribution in [2.75, 3.05) is 32.6 Å². The van der Waals surface area contributed by atoms with Gasteiger partial charge in [-0.25, -0.2) is 0 Å². The minimum Gasteiger partial charge on any atom is -0.493 e. The van der Waals surface area contributed by atoms with Gasteiger partial charge >= 0.3 is 5.97 Å². The molecule has 2 aliphatic rings. The van der Waals surface area contributed by atoms with Crippen LogP contribution in [-0.4, -0.2) is 60.4 Å². The Morgan fingerprint density at radius 3 is 2.36 bits per heavy atom. The molecule has 44 heavy (non-hydrogen) atoms. The van der Waals surface area contributed by atoms with E-state index in [0.29, 0.717) is 18.0 Å². The molecule has 4 atom stereocenters. The molecule has 3 N–H and O–H groups in total. The Balaban J connectivity index is 1.37. The molecule has 0 aromatic heterocycles. The minimum atomic E-state index is -1.02. The third-order valence-corrected chi connectivity index (χ3v) is 8.37. The summed E-state index contributed by atoms with van der Waals surface area (Å²) in [7, 11) is 3.29. The fourth-order valence-corrected chi connectivity index (χ4v) is 5.89. The predicted molar refractivity (Wildman–Crippen MR) is 163 cm³/mol. The molecule has 0 radical (unpaired) electrons. The fraction of sp³-hybridized carbons (Fsp3) is 0.412. The van der Waals surface area contributed by atoms with Crippen LogP contribution < -0.4 is 14.8 Å². The number of carbonyl (C=O) groups excluding carboxylic acids is 1. The molecule has 3 aromatic rings. The van der Waals surface area contributed by atoms with Crippen molar-refractivity contribution in [2.45, 2.75) is 57.8 Å². The van der Waals surface area contributed by atoms with Gasteiger partial charge in [0.25, 0.3) is 0 Å². The van der Waals surface area contributed by atoms with E-state index in [1.807, 2.05) is 36.4 Å². The number of rotatable bonds is 11. The Morgan fingerprint density at radius 2 is 1.68 bits per heavy atom. The average Bonchev–Trinajstić information content (AvgIpc) is 3.04. The molecule has 3 aromatic carbocycles. The van der Waals surface area contributed by atoms with Crippen LogP contribution in [0.2, 0.25) is 0 Å². The van der Waals surface area contributed by atoms with E-state index in [2.05, 4.69) is 29.3 Å². The maximum Gasteiger partial charge on any atom is 0.303 e. The minimum absolute atomic E-state index is 0.0110. The number of nitrogens with zero attached hydrogens (tertiary/aromatic N) is 1. The van der Waals surface area contributed by atoms with Crippen molar-refractivity contribution in [3.63, 3.8) is 0 Å². The number of carboxylic acid groups (broad SMARTS) is 1. The zero-order chi connectivity index (χ0) is 31.2. The molecule has 1 amide bonds. The molecule has 1 saturated heterocycles. The van der Waals surface area contributed by atoms with Gasteiger partial charge < -0.3 is 34.5 Å². The van der Waals surface area contributed by atoms with Gasteiger partial charge in [0.2, 0.25) is 5.91 Å². The molecular weight excluding hydrogens is 564 g/mol. The van der Waals surface area contributed by atoms with E-state index in [-0.39, 0.29) is 43.5 Å². The van der Waals surface area contributed by atoms with Gasteiger partial charge in [0, 0.05) is 43.2 Å². The summed E-state index contributed by atoms with van der Waals surface area (Å²) in [5.41, 5.74) is 5.56. The number of fused-ring (bicyclic) bond motifs is 1. The highest BCUT2D eigenvalue weighted by Crippen LogP contribution is 2.43. The second-order valence-electron chi connectivity index (χ2n) is 11.4. The number of hydrogen-bond donors (Lipinski definition) is 3. The zero-order valence-electron chi connectivity index (χ0n) is 25.3. The van der Waals surface area contributed by atoms with Crippen molar-refractivity contribution in [3.05, 3.63) is 88.5 Å². The summed E-state index contributed by atoms with van der Waals surface area (Å²) in [6.45, 7) is 4.41. The second kappa shape index (κ2) is 14.2. The largest absolute Gasteiger partial charge is 0.493 e. The van der Waals surface area contributed by atoms with Gasteiger partial charge in [-0.05, 0) is 52.9 Å². The van der Waals surface area contributed by atoms with Crippen LogP contribution in [0.4, 0.5) is 5.69 Å². The van der Waals surface area contributed by atoms with Gasteiger partial charge in [-0.2, -0.15) is 0 Å². The number of nitrogens with one attached hydrogen (secondary N) is 1. The second-order valence-corrected chi connectivity index (χ2v) is 11.4. The smallest absolute Gasteiger partial charge is 0.303 e. The highest BCUT2D eigenvalue weighted by Gasteiger charge is 2.39. The molecule has 2 aliphatic heterocycles. The Morgan fingerprint density at radius 1 is 0.955 bits per heavy atom. The molecular formula is C34H40N2O8. The molecule has 10 heteroatoms. The SMILES string of the molecule is COc1cc2c(cc1OC)CN(C[C@H]1O[C@@H](c3cccc(NC(=O)CCC(=O)O)c3)O[C@@H](c3ccc(CO)cc3)[C@H]1C)CC2. The molecule has 0 bridgehead atoms. The van der Waals surface area contributed by atoms with Gasteiger partial charge in [-0.15, -0.1) is 0 Å². The maximum absolute atomic E-state index is 12.3. The summed E-state index contributed by atoms with van der Waals surface area (Å²) < 4.78 is 24.3. The van der Waals surface area contributed by atoms with Gasteiger partial charge in [0.1, 0.15) is 0 Å². The Bertz CT molecular complexity index is 1460. The van der Waals surface area contributed by atoms with Crippen molar-refractivity contribution in [2.24, 2.45) is 5.92 Å². The number of benzene rings is 3. The number of amides is 1. The van der Waals surface area contributed by atoms with E-state index in [1.165, 1.54) is 11.1 Å². The standard InChI is InChI=1S/C34H40N2O8/c1-21-30(19-36-14-13-24-16-28(41-2)29(42-3)17-26(24)18-36)43-34(44-33(21)23-9-7-22(20-37)8-10-23)25-5-4-6-27(15-25)35-31(38)11-12-32(39)40/h4-10,15-17,21,30,33-34,37H,11-14,18-20H2,1-3H3,(H,35,38)(H,39,40)/t21-,30+,33+,34+/m0/s1. The number of hydrogen-bond acceptors (Lipinski definition) is 8. The molecule has 0 unspecified atom stereocenters. The van der Waals surface area contributed by atoms with E-state index in [1.54, 1.807) is 26.4 Å². The number of aliphatic carboxylic acids is 1. The van der Waals surface area contributed by atoms with Crippen molar-refractivity contribution in [1.29, 1.82) is 0 Å². The van der Waals surface area contributed by atoms with E-state index >= 15 is 0 Å². The van der Waals surface area contributed by atoms with E-state index in [0.717, 1.165) is 42.0 Å². The summed E-state index contributed by atoms with van der Waals surface area (Å²) in [5.74, 6) is 0.0663. The van der Waals surface area contributed by atoms with Crippen LogP contribution in [0.15, 0.2) is 60.7 Å². The fourth-order valence-electron chi connectivity index (χ4n) is 5.89. The molecule has 0 saturated carbocycles. The summed E-state index contributed by atoms with van der Waals surface area (Å²) in [4.78, 5) is 25.6. The number of carbonyl (C=O) groups is 2. The first-order valence-corrected chi connectivity index (χ1v) is 14.9. The van der Waals surface area contributed by atoms with Gasteiger partial charge in [-0.1, -0.05) is 43.3 Å². The lowest BCUT2D eigenvalue weighted by Crippen LogP contribution is -2.45. The van der Waals surface area contributed by atoms with Crippen LogP contribution >= 0.6 is 0 Å². The summed E-state index contributed by atoms with van der Waals surface area (Å²) >= 11 is 0. The van der Waals surface area contributed by atoms with E-state index in [9.17, 15) is 14.7 Å². The van der Waals surface area contributed by atoms with E-state index in [4.69, 9.17) is 24.1 Å². The van der Waals surface area contributed by atoms with Crippen LogP contribution in [0.25, 0.3) is 0 Å². The zero-order valence-corrected chi connectivity index (χ0v) is 25.3. The highest BCUT2D eigenvalue weighted by molar-refractivity contribution is 5.92. The summed E-state index contributed by atoms with van der Waals surface area (Å²) in [6, 6.07) is 19.2. The number of ether oxygens (including phenoxy) is 4. The van der Waals surface area contributed by atoms with Gasteiger partial charge in [0.15, 0.2) is 17.8 Å². The molecule has 2 heterocycles. The lowest BCUT2D eigenvalue weighted by molar-refractivity contribution is -0.276. The summed E-state index contributed by atoms with van der Waals surface area (Å²) in [5, 5.41) is 21.2. The lowest BCUT2D eigenvalue weighted by atomic mass is 9.89. The summed E-state index contributed by atoms with van der Waals surface area (Å²) in [6.07, 6.45) is -0.617. The van der Waals surface area contributed by atoms with Crippen molar-refractivity contribution >= 4 is 17.6 Å². The third kappa shape index (κ3) is 7.39. The van der Waals surface area contributed by atoms with Crippen LogP contribution in [0.3, 0.4) is 0 Å². The normalized spacial score (nSPS) is 21.7.